The molecule has 0 aliphatic carbocycles. The van der Waals surface area contributed by atoms with E-state index >= 15 is 0 Å². The first kappa shape index (κ1) is 15.7. The zero-order valence-electron chi connectivity index (χ0n) is 12.2. The second-order valence-electron chi connectivity index (χ2n) is 5.01. The van der Waals surface area contributed by atoms with Crippen LogP contribution in [-0.4, -0.2) is 33.4 Å². The minimum Gasteiger partial charge on any atom is -0.201 e. The van der Waals surface area contributed by atoms with E-state index in [2.05, 4.69) is 4.72 Å². The third-order valence-corrected chi connectivity index (χ3v) is 4.85. The summed E-state index contributed by atoms with van der Waals surface area (Å²) in [6, 6.07) is 19.8. The summed E-state index contributed by atoms with van der Waals surface area (Å²) in [6.45, 7) is 0.328. The Balaban J connectivity index is 2.26. The van der Waals surface area contributed by atoms with E-state index in [0.29, 0.717) is 6.54 Å². The van der Waals surface area contributed by atoms with Gasteiger partial charge in [-0.05, 0) is 11.1 Å². The molecule has 2 aromatic rings. The Labute approximate surface area is 126 Å². The normalized spacial score (nSPS) is 12.0. The predicted molar refractivity (Wildman–Crippen MR) is 85.3 cm³/mol. The van der Waals surface area contributed by atoms with Crippen LogP contribution in [-0.2, 0) is 10.2 Å². The van der Waals surface area contributed by atoms with Crippen LogP contribution in [0.3, 0.4) is 0 Å². The number of rotatable bonds is 6. The van der Waals surface area contributed by atoms with Crippen LogP contribution in [0.2, 0.25) is 0 Å². The van der Waals surface area contributed by atoms with E-state index in [0.717, 1.165) is 11.1 Å². The first-order valence-corrected chi connectivity index (χ1v) is 8.22. The van der Waals surface area contributed by atoms with Crippen LogP contribution in [0.1, 0.15) is 17.0 Å². The first-order valence-electron chi connectivity index (χ1n) is 6.77. The van der Waals surface area contributed by atoms with Crippen LogP contribution in [0.4, 0.5) is 0 Å². The van der Waals surface area contributed by atoms with Crippen molar-refractivity contribution in [2.24, 2.45) is 0 Å². The number of hydrogen-bond donors (Lipinski definition) is 1. The lowest BCUT2D eigenvalue weighted by atomic mass is 9.92. The van der Waals surface area contributed by atoms with E-state index in [1.807, 2.05) is 60.7 Å². The van der Waals surface area contributed by atoms with Crippen molar-refractivity contribution < 1.29 is 8.42 Å². The molecule has 0 fully saturated rings. The Bertz CT molecular complexity index is 616. The first-order chi connectivity index (χ1) is 10.0. The smallest absolute Gasteiger partial charge is 0.201 e. The lowest BCUT2D eigenvalue weighted by Gasteiger charge is -2.20. The Hall–Kier alpha value is -1.69. The van der Waals surface area contributed by atoms with Gasteiger partial charge in [0, 0.05) is 26.6 Å². The molecule has 0 saturated carbocycles. The van der Waals surface area contributed by atoms with E-state index in [1.165, 1.54) is 18.4 Å². The van der Waals surface area contributed by atoms with Gasteiger partial charge in [0.25, 0.3) is 10.2 Å². The highest BCUT2D eigenvalue weighted by Gasteiger charge is 2.19. The molecule has 0 saturated heterocycles. The maximum absolute atomic E-state index is 11.9. The van der Waals surface area contributed by atoms with Crippen LogP contribution < -0.4 is 4.72 Å². The summed E-state index contributed by atoms with van der Waals surface area (Å²) in [6.07, 6.45) is 0. The molecule has 0 amide bonds. The van der Waals surface area contributed by atoms with Gasteiger partial charge in [-0.1, -0.05) is 60.7 Å². The van der Waals surface area contributed by atoms with Gasteiger partial charge in [0.05, 0.1) is 0 Å². The summed E-state index contributed by atoms with van der Waals surface area (Å²) in [5.41, 5.74) is 2.18. The van der Waals surface area contributed by atoms with E-state index < -0.39 is 10.2 Å². The quantitative estimate of drug-likeness (QED) is 0.889. The van der Waals surface area contributed by atoms with Crippen molar-refractivity contribution in [2.75, 3.05) is 20.6 Å². The molecule has 112 valence electrons. The standard InChI is InChI=1S/C16H20N2O2S/c1-18(2)21(19,20)17-13-16(14-9-5-3-6-10-14)15-11-7-4-8-12-15/h3-12,16-17H,13H2,1-2H3. The number of benzene rings is 2. The Kier molecular flexibility index (Phi) is 5.12. The largest absolute Gasteiger partial charge is 0.278 e. The number of nitrogens with zero attached hydrogens (tertiary/aromatic N) is 1. The molecule has 0 unspecified atom stereocenters. The van der Waals surface area contributed by atoms with Gasteiger partial charge < -0.3 is 0 Å². The van der Waals surface area contributed by atoms with Crippen molar-refractivity contribution in [3.8, 4) is 0 Å². The fraction of sp³-hybridized carbons (Fsp3) is 0.250. The third kappa shape index (κ3) is 4.14. The van der Waals surface area contributed by atoms with Gasteiger partial charge in [-0.15, -0.1) is 0 Å². The van der Waals surface area contributed by atoms with Gasteiger partial charge in [0.15, 0.2) is 0 Å². The summed E-state index contributed by atoms with van der Waals surface area (Å²) in [4.78, 5) is 0. The summed E-state index contributed by atoms with van der Waals surface area (Å²) in [7, 11) is -0.393. The zero-order chi connectivity index (χ0) is 15.3. The lowest BCUT2D eigenvalue weighted by molar-refractivity contribution is 0.503. The van der Waals surface area contributed by atoms with Gasteiger partial charge in [-0.3, -0.25) is 0 Å². The Morgan fingerprint density at radius 2 is 1.33 bits per heavy atom. The van der Waals surface area contributed by atoms with Crippen LogP contribution >= 0.6 is 0 Å². The second kappa shape index (κ2) is 6.85. The molecule has 5 heteroatoms. The Morgan fingerprint density at radius 3 is 1.71 bits per heavy atom. The molecule has 0 radical (unpaired) electrons. The molecule has 2 aromatic carbocycles. The average molecular weight is 304 g/mol. The van der Waals surface area contributed by atoms with E-state index in [9.17, 15) is 8.42 Å². The lowest BCUT2D eigenvalue weighted by Crippen LogP contribution is -2.38. The molecular weight excluding hydrogens is 284 g/mol. The van der Waals surface area contributed by atoms with Gasteiger partial charge >= 0.3 is 0 Å². The maximum Gasteiger partial charge on any atom is 0.278 e. The van der Waals surface area contributed by atoms with Crippen molar-refractivity contribution in [2.45, 2.75) is 5.92 Å². The molecular formula is C16H20N2O2S. The minimum absolute atomic E-state index is 0.0119. The summed E-state index contributed by atoms with van der Waals surface area (Å²) in [5.74, 6) is -0.0119. The predicted octanol–water partition coefficient (Wildman–Crippen LogP) is 2.21. The van der Waals surface area contributed by atoms with Crippen LogP contribution in [0.5, 0.6) is 0 Å². The van der Waals surface area contributed by atoms with Crippen molar-refractivity contribution in [1.82, 2.24) is 9.03 Å². The van der Waals surface area contributed by atoms with E-state index in [-0.39, 0.29) is 5.92 Å². The van der Waals surface area contributed by atoms with Crippen molar-refractivity contribution >= 4 is 10.2 Å². The summed E-state index contributed by atoms with van der Waals surface area (Å²) in [5, 5.41) is 0. The van der Waals surface area contributed by atoms with Crippen LogP contribution in [0.25, 0.3) is 0 Å². The van der Waals surface area contributed by atoms with Gasteiger partial charge in [-0.2, -0.15) is 12.7 Å². The monoisotopic (exact) mass is 304 g/mol. The summed E-state index contributed by atoms with van der Waals surface area (Å²) < 4.78 is 27.7. The van der Waals surface area contributed by atoms with Crippen molar-refractivity contribution in [1.29, 1.82) is 0 Å². The Morgan fingerprint density at radius 1 is 0.905 bits per heavy atom. The molecule has 0 aliphatic heterocycles. The van der Waals surface area contributed by atoms with Gasteiger partial charge in [0.2, 0.25) is 0 Å². The maximum atomic E-state index is 11.9. The van der Waals surface area contributed by atoms with Crippen molar-refractivity contribution in [3.63, 3.8) is 0 Å². The number of hydrogen-bond acceptors (Lipinski definition) is 2. The fourth-order valence-corrected chi connectivity index (χ4v) is 2.75. The highest BCUT2D eigenvalue weighted by Crippen LogP contribution is 2.23. The molecule has 0 aliphatic rings. The zero-order valence-corrected chi connectivity index (χ0v) is 13.0. The number of nitrogens with one attached hydrogen (secondary N) is 1. The highest BCUT2D eigenvalue weighted by molar-refractivity contribution is 7.87. The van der Waals surface area contributed by atoms with Gasteiger partial charge in [0.1, 0.15) is 0 Å². The fourth-order valence-electron chi connectivity index (χ4n) is 2.12. The van der Waals surface area contributed by atoms with Crippen LogP contribution in [0.15, 0.2) is 60.7 Å². The third-order valence-electron chi connectivity index (χ3n) is 3.35. The van der Waals surface area contributed by atoms with E-state index in [1.54, 1.807) is 0 Å². The van der Waals surface area contributed by atoms with Crippen LogP contribution in [0, 0.1) is 0 Å². The molecule has 4 nitrogen and oxygen atoms in total. The molecule has 0 aromatic heterocycles. The SMILES string of the molecule is CN(C)S(=O)(=O)NCC(c1ccccc1)c1ccccc1. The van der Waals surface area contributed by atoms with E-state index in [4.69, 9.17) is 0 Å². The van der Waals surface area contributed by atoms with Gasteiger partial charge in [-0.25, -0.2) is 4.72 Å². The summed E-state index contributed by atoms with van der Waals surface area (Å²) >= 11 is 0. The minimum atomic E-state index is -3.43. The molecule has 21 heavy (non-hydrogen) atoms. The second-order valence-corrected chi connectivity index (χ2v) is 6.98. The molecule has 0 spiro atoms. The van der Waals surface area contributed by atoms with Crippen molar-refractivity contribution in [3.05, 3.63) is 71.8 Å². The highest BCUT2D eigenvalue weighted by atomic mass is 32.2. The average Bonchev–Trinajstić information content (AvgIpc) is 2.49. The molecule has 0 bridgehead atoms. The molecule has 1 N–H and O–H groups in total. The topological polar surface area (TPSA) is 49.4 Å². The molecule has 0 atom stereocenters. The molecule has 2 rings (SSSR count). The molecule has 0 heterocycles.